The van der Waals surface area contributed by atoms with Crippen LogP contribution in [0.4, 0.5) is 8.78 Å². The molecule has 28 heavy (non-hydrogen) atoms. The number of rotatable bonds is 7. The molecule has 1 aromatic carbocycles. The Bertz CT molecular complexity index is 644. The van der Waals surface area contributed by atoms with Gasteiger partial charge < -0.3 is 20.3 Å². The number of piperidine rings is 1. The number of likely N-dealkylation sites (tertiary alicyclic amines) is 1. The van der Waals surface area contributed by atoms with E-state index < -0.39 is 6.61 Å². The molecule has 0 atom stereocenters. The molecule has 0 bridgehead atoms. The van der Waals surface area contributed by atoms with Crippen LogP contribution in [0, 0.1) is 5.92 Å². The molecule has 5 nitrogen and oxygen atoms in total. The van der Waals surface area contributed by atoms with Gasteiger partial charge in [-0.25, -0.2) is 4.99 Å². The van der Waals surface area contributed by atoms with Crippen molar-refractivity contribution in [2.75, 3.05) is 33.2 Å². The second-order valence-corrected chi connectivity index (χ2v) is 7.42. The summed E-state index contributed by atoms with van der Waals surface area (Å²) in [4.78, 5) is 6.80. The maximum absolute atomic E-state index is 12.7. The Balaban J connectivity index is 0.00000392. The Morgan fingerprint density at radius 2 is 1.96 bits per heavy atom. The van der Waals surface area contributed by atoms with Gasteiger partial charge in [-0.05, 0) is 58.0 Å². The highest BCUT2D eigenvalue weighted by molar-refractivity contribution is 14.0. The van der Waals surface area contributed by atoms with E-state index in [0.717, 1.165) is 32.5 Å². The first kappa shape index (κ1) is 25.5. The second-order valence-electron chi connectivity index (χ2n) is 6.58. The van der Waals surface area contributed by atoms with Gasteiger partial charge in [0.15, 0.2) is 5.96 Å². The fourth-order valence-electron chi connectivity index (χ4n) is 2.97. The molecule has 1 aliphatic rings. The van der Waals surface area contributed by atoms with E-state index in [-0.39, 0.29) is 41.3 Å². The Morgan fingerprint density at radius 3 is 2.57 bits per heavy atom. The summed E-state index contributed by atoms with van der Waals surface area (Å²) in [5.41, 5.74) is 0.407. The van der Waals surface area contributed by atoms with Gasteiger partial charge in [0.05, 0.1) is 11.6 Å². The standard InChI is InChI=1S/C18H26Cl2F2N4O.HI/c1-3-23-18(24-10-12-4-6-26(2)7-5-12)25-11-13-8-14(19)9-15(20)16(13)27-17(21)22;/h8-9,12,17H,3-7,10-11H2,1-2H3,(H2,23,24,25);1H. The van der Waals surface area contributed by atoms with Crippen molar-refractivity contribution in [2.24, 2.45) is 10.9 Å². The van der Waals surface area contributed by atoms with Crippen molar-refractivity contribution < 1.29 is 13.5 Å². The predicted molar refractivity (Wildman–Crippen MR) is 122 cm³/mol. The number of benzene rings is 1. The molecule has 2 rings (SSSR count). The lowest BCUT2D eigenvalue weighted by atomic mass is 9.97. The van der Waals surface area contributed by atoms with Gasteiger partial charge in [0.2, 0.25) is 0 Å². The molecule has 0 radical (unpaired) electrons. The third-order valence-corrected chi connectivity index (χ3v) is 4.94. The third kappa shape index (κ3) is 8.42. The minimum Gasteiger partial charge on any atom is -0.433 e. The minimum atomic E-state index is -2.97. The highest BCUT2D eigenvalue weighted by atomic mass is 127. The fourth-order valence-corrected chi connectivity index (χ4v) is 3.55. The number of halogens is 5. The minimum absolute atomic E-state index is 0. The highest BCUT2D eigenvalue weighted by Gasteiger charge is 2.17. The van der Waals surface area contributed by atoms with Crippen LogP contribution in [0.5, 0.6) is 5.75 Å². The SMILES string of the molecule is CCNC(=NCc1cc(Cl)cc(Cl)c1OC(F)F)NCC1CCN(C)CC1.I. The molecule has 10 heteroatoms. The fraction of sp³-hybridized carbons (Fsp3) is 0.611. The monoisotopic (exact) mass is 550 g/mol. The highest BCUT2D eigenvalue weighted by Crippen LogP contribution is 2.34. The molecule has 0 aliphatic carbocycles. The van der Waals surface area contributed by atoms with Gasteiger partial charge in [-0.1, -0.05) is 23.2 Å². The maximum Gasteiger partial charge on any atom is 0.387 e. The van der Waals surface area contributed by atoms with E-state index in [1.165, 1.54) is 12.1 Å². The number of aliphatic imine (C=N–C) groups is 1. The zero-order chi connectivity index (χ0) is 19.8. The lowest BCUT2D eigenvalue weighted by Crippen LogP contribution is -2.42. The van der Waals surface area contributed by atoms with E-state index in [2.05, 4.69) is 32.3 Å². The summed E-state index contributed by atoms with van der Waals surface area (Å²) in [6.45, 7) is 2.80. The molecular weight excluding hydrogens is 524 g/mol. The summed E-state index contributed by atoms with van der Waals surface area (Å²) in [6, 6.07) is 2.91. The van der Waals surface area contributed by atoms with Crippen LogP contribution in [0.3, 0.4) is 0 Å². The van der Waals surface area contributed by atoms with Gasteiger partial charge in [0.25, 0.3) is 0 Å². The summed E-state index contributed by atoms with van der Waals surface area (Å²) in [7, 11) is 2.13. The van der Waals surface area contributed by atoms with E-state index in [9.17, 15) is 8.78 Å². The van der Waals surface area contributed by atoms with Crippen LogP contribution in [-0.4, -0.2) is 50.7 Å². The molecule has 0 saturated carbocycles. The van der Waals surface area contributed by atoms with E-state index in [0.29, 0.717) is 29.0 Å². The van der Waals surface area contributed by atoms with Gasteiger partial charge in [-0.3, -0.25) is 0 Å². The number of guanidine groups is 1. The second kappa shape index (κ2) is 12.9. The van der Waals surface area contributed by atoms with Crippen LogP contribution in [0.15, 0.2) is 17.1 Å². The van der Waals surface area contributed by atoms with Crippen LogP contribution >= 0.6 is 47.2 Å². The zero-order valence-corrected chi connectivity index (χ0v) is 19.8. The van der Waals surface area contributed by atoms with Crippen LogP contribution in [0.25, 0.3) is 0 Å². The van der Waals surface area contributed by atoms with E-state index in [4.69, 9.17) is 23.2 Å². The summed E-state index contributed by atoms with van der Waals surface area (Å²) >= 11 is 12.0. The largest absolute Gasteiger partial charge is 0.433 e. The number of nitrogens with zero attached hydrogens (tertiary/aromatic N) is 2. The van der Waals surface area contributed by atoms with Crippen molar-refractivity contribution in [3.05, 3.63) is 27.7 Å². The predicted octanol–water partition coefficient (Wildman–Crippen LogP) is 4.61. The molecule has 1 aliphatic heterocycles. The molecule has 0 aromatic heterocycles. The third-order valence-electron chi connectivity index (χ3n) is 4.44. The summed E-state index contributed by atoms with van der Waals surface area (Å²) < 4.78 is 29.9. The summed E-state index contributed by atoms with van der Waals surface area (Å²) in [5.74, 6) is 1.12. The maximum atomic E-state index is 12.7. The Hall–Kier alpha value is -0.580. The Labute approximate surface area is 192 Å². The van der Waals surface area contributed by atoms with Crippen LogP contribution < -0.4 is 15.4 Å². The molecule has 160 valence electrons. The normalized spacial score (nSPS) is 16.0. The molecule has 1 aromatic rings. The zero-order valence-electron chi connectivity index (χ0n) is 16.0. The van der Waals surface area contributed by atoms with E-state index in [1.54, 1.807) is 0 Å². The van der Waals surface area contributed by atoms with Crippen molar-refractivity contribution in [1.29, 1.82) is 0 Å². The Morgan fingerprint density at radius 1 is 1.29 bits per heavy atom. The Kier molecular flexibility index (Phi) is 11.7. The van der Waals surface area contributed by atoms with Gasteiger partial charge >= 0.3 is 6.61 Å². The number of hydrogen-bond acceptors (Lipinski definition) is 3. The smallest absolute Gasteiger partial charge is 0.387 e. The van der Waals surface area contributed by atoms with E-state index in [1.807, 2.05) is 6.92 Å². The summed E-state index contributed by atoms with van der Waals surface area (Å²) in [5, 5.41) is 6.88. The van der Waals surface area contributed by atoms with Crippen LogP contribution in [-0.2, 0) is 6.54 Å². The van der Waals surface area contributed by atoms with Crippen molar-refractivity contribution in [1.82, 2.24) is 15.5 Å². The first-order valence-corrected chi connectivity index (χ1v) is 9.78. The molecule has 1 fully saturated rings. The van der Waals surface area contributed by atoms with Crippen molar-refractivity contribution >= 4 is 53.1 Å². The average Bonchev–Trinajstić information content (AvgIpc) is 2.61. The molecule has 2 N–H and O–H groups in total. The van der Waals surface area contributed by atoms with E-state index >= 15 is 0 Å². The average molecular weight is 551 g/mol. The van der Waals surface area contributed by atoms with Gasteiger partial charge in [0, 0.05) is 23.7 Å². The van der Waals surface area contributed by atoms with Gasteiger partial charge in [-0.15, -0.1) is 24.0 Å². The topological polar surface area (TPSA) is 48.9 Å². The molecule has 0 unspecified atom stereocenters. The first-order valence-electron chi connectivity index (χ1n) is 9.02. The number of nitrogens with one attached hydrogen (secondary N) is 2. The van der Waals surface area contributed by atoms with Gasteiger partial charge in [0.1, 0.15) is 5.75 Å². The number of ether oxygens (including phenoxy) is 1. The lowest BCUT2D eigenvalue weighted by Gasteiger charge is -2.29. The molecule has 1 heterocycles. The van der Waals surface area contributed by atoms with Crippen molar-refractivity contribution in [2.45, 2.75) is 32.9 Å². The summed E-state index contributed by atoms with van der Waals surface area (Å²) in [6.07, 6.45) is 2.28. The quantitative estimate of drug-likeness (QED) is 0.296. The molecule has 1 saturated heterocycles. The first-order chi connectivity index (χ1) is 12.9. The number of hydrogen-bond donors (Lipinski definition) is 2. The van der Waals surface area contributed by atoms with Crippen molar-refractivity contribution in [3.8, 4) is 5.75 Å². The molecular formula is C18H27Cl2F2IN4O. The lowest BCUT2D eigenvalue weighted by molar-refractivity contribution is -0.0503. The molecule has 0 spiro atoms. The van der Waals surface area contributed by atoms with Crippen LogP contribution in [0.2, 0.25) is 10.0 Å². The molecule has 0 amide bonds. The van der Waals surface area contributed by atoms with Crippen LogP contribution in [0.1, 0.15) is 25.3 Å². The van der Waals surface area contributed by atoms with Crippen molar-refractivity contribution in [3.63, 3.8) is 0 Å². The van der Waals surface area contributed by atoms with Gasteiger partial charge in [-0.2, -0.15) is 8.78 Å². The number of alkyl halides is 2.